The maximum atomic E-state index is 13.5. The first-order valence-electron chi connectivity index (χ1n) is 9.92. The van der Waals surface area contributed by atoms with E-state index >= 15 is 0 Å². The van der Waals surface area contributed by atoms with Crippen molar-refractivity contribution in [3.05, 3.63) is 89.2 Å². The third-order valence-corrected chi connectivity index (χ3v) is 6.68. The fourth-order valence-electron chi connectivity index (χ4n) is 4.54. The molecule has 5 rings (SSSR count). The van der Waals surface area contributed by atoms with Gasteiger partial charge in [0.1, 0.15) is 0 Å². The van der Waals surface area contributed by atoms with Gasteiger partial charge in [-0.1, -0.05) is 48.5 Å². The van der Waals surface area contributed by atoms with Crippen molar-refractivity contribution in [2.75, 3.05) is 5.32 Å². The van der Waals surface area contributed by atoms with Gasteiger partial charge in [0.25, 0.3) is 0 Å². The second-order valence-electron chi connectivity index (χ2n) is 8.05. The van der Waals surface area contributed by atoms with Crippen molar-refractivity contribution in [3.63, 3.8) is 0 Å². The zero-order valence-electron chi connectivity index (χ0n) is 16.9. The van der Waals surface area contributed by atoms with Gasteiger partial charge in [-0.3, -0.25) is 9.48 Å². The van der Waals surface area contributed by atoms with Crippen molar-refractivity contribution in [2.24, 2.45) is 12.5 Å². The molecule has 2 heterocycles. The second-order valence-corrected chi connectivity index (χ2v) is 8.94. The van der Waals surface area contributed by atoms with Gasteiger partial charge in [0.05, 0.1) is 11.6 Å². The summed E-state index contributed by atoms with van der Waals surface area (Å²) in [5, 5.41) is 9.86. The summed E-state index contributed by atoms with van der Waals surface area (Å²) in [5.74, 6) is -0.0317. The number of hydrogen-bond donors (Lipinski definition) is 1. The van der Waals surface area contributed by atoms with Crippen LogP contribution in [0.1, 0.15) is 29.5 Å². The average Bonchev–Trinajstić information content (AvgIpc) is 3.47. The summed E-state index contributed by atoms with van der Waals surface area (Å²) >= 11 is 1.44. The second kappa shape index (κ2) is 7.22. The number of anilines is 1. The molecule has 150 valence electrons. The highest BCUT2D eigenvalue weighted by atomic mass is 32.1. The number of benzene rings is 2. The Morgan fingerprint density at radius 3 is 2.73 bits per heavy atom. The largest absolute Gasteiger partial charge is 0.301 e. The molecule has 1 aliphatic carbocycles. The number of aromatic nitrogens is 3. The monoisotopic (exact) mass is 414 g/mol. The van der Waals surface area contributed by atoms with Gasteiger partial charge in [-0.05, 0) is 35.6 Å². The Morgan fingerprint density at radius 1 is 1.20 bits per heavy atom. The molecule has 6 heteroatoms. The Balaban J connectivity index is 1.60. The van der Waals surface area contributed by atoms with E-state index in [-0.39, 0.29) is 11.8 Å². The van der Waals surface area contributed by atoms with Gasteiger partial charge in [-0.15, -0.1) is 11.3 Å². The van der Waals surface area contributed by atoms with E-state index in [0.717, 1.165) is 16.7 Å². The van der Waals surface area contributed by atoms with E-state index in [4.69, 9.17) is 0 Å². The first kappa shape index (κ1) is 18.8. The molecule has 0 saturated heterocycles. The van der Waals surface area contributed by atoms with Crippen LogP contribution in [0.4, 0.5) is 5.13 Å². The van der Waals surface area contributed by atoms with Gasteiger partial charge < -0.3 is 5.32 Å². The van der Waals surface area contributed by atoms with Crippen molar-refractivity contribution >= 4 is 22.4 Å². The minimum absolute atomic E-state index is 0.00503. The van der Waals surface area contributed by atoms with Crippen LogP contribution in [0.25, 0.3) is 11.1 Å². The van der Waals surface area contributed by atoms with Crippen LogP contribution >= 0.6 is 11.3 Å². The molecule has 4 aromatic rings. The molecule has 1 aliphatic rings. The molecule has 5 nitrogen and oxygen atoms in total. The van der Waals surface area contributed by atoms with E-state index in [1.54, 1.807) is 6.20 Å². The first-order chi connectivity index (χ1) is 14.5. The van der Waals surface area contributed by atoms with Crippen molar-refractivity contribution in [3.8, 4) is 11.1 Å². The molecule has 0 unspecified atom stereocenters. The van der Waals surface area contributed by atoms with Crippen LogP contribution in [0.2, 0.25) is 0 Å². The predicted molar refractivity (Wildman–Crippen MR) is 119 cm³/mol. The van der Waals surface area contributed by atoms with Gasteiger partial charge in [0.15, 0.2) is 5.13 Å². The van der Waals surface area contributed by atoms with Crippen LogP contribution < -0.4 is 5.32 Å². The lowest BCUT2D eigenvalue weighted by Gasteiger charge is -2.31. The smallest absolute Gasteiger partial charge is 0.233 e. The lowest BCUT2D eigenvalue weighted by atomic mass is 9.73. The molecule has 2 aromatic heterocycles. The van der Waals surface area contributed by atoms with Crippen molar-refractivity contribution in [1.29, 1.82) is 0 Å². The molecule has 0 saturated carbocycles. The van der Waals surface area contributed by atoms with Gasteiger partial charge >= 0.3 is 0 Å². The maximum absolute atomic E-state index is 13.5. The Bertz CT molecular complexity index is 1200. The van der Waals surface area contributed by atoms with Crippen LogP contribution in [0, 0.1) is 5.41 Å². The lowest BCUT2D eigenvalue weighted by Crippen LogP contribution is -2.37. The number of fused-ring (bicyclic) bond motifs is 1. The van der Waals surface area contributed by atoms with Crippen LogP contribution in [-0.4, -0.2) is 20.7 Å². The molecule has 2 atom stereocenters. The summed E-state index contributed by atoms with van der Waals surface area (Å²) in [6.07, 6.45) is 6.29. The number of nitrogens with one attached hydrogen (secondary N) is 1. The highest BCUT2D eigenvalue weighted by Gasteiger charge is 2.49. The number of carbonyl (C=O) groups is 1. The summed E-state index contributed by atoms with van der Waals surface area (Å²) in [7, 11) is 1.92. The van der Waals surface area contributed by atoms with E-state index in [2.05, 4.69) is 52.7 Å². The predicted octanol–water partition coefficient (Wildman–Crippen LogP) is 4.88. The summed E-state index contributed by atoms with van der Waals surface area (Å²) in [4.78, 5) is 17.7. The van der Waals surface area contributed by atoms with Crippen LogP contribution in [0.5, 0.6) is 0 Å². The number of thiazole rings is 1. The molecular weight excluding hydrogens is 392 g/mol. The molecule has 1 N–H and O–H groups in total. The minimum Gasteiger partial charge on any atom is -0.301 e. The van der Waals surface area contributed by atoms with E-state index in [0.29, 0.717) is 11.6 Å². The Labute approximate surface area is 179 Å². The van der Waals surface area contributed by atoms with Crippen LogP contribution in [0.15, 0.2) is 72.5 Å². The number of carbonyl (C=O) groups excluding carboxylic acids is 1. The van der Waals surface area contributed by atoms with E-state index < -0.39 is 5.41 Å². The summed E-state index contributed by atoms with van der Waals surface area (Å²) in [6.45, 7) is 2.07. The maximum Gasteiger partial charge on any atom is 0.233 e. The molecule has 30 heavy (non-hydrogen) atoms. The van der Waals surface area contributed by atoms with Gasteiger partial charge in [-0.25, -0.2) is 4.98 Å². The first-order valence-corrected chi connectivity index (χ1v) is 10.8. The van der Waals surface area contributed by atoms with E-state index in [1.165, 1.54) is 22.5 Å². The molecule has 1 amide bonds. The Hall–Kier alpha value is -3.25. The fourth-order valence-corrected chi connectivity index (χ4v) is 5.07. The summed E-state index contributed by atoms with van der Waals surface area (Å²) in [6, 6.07) is 16.8. The molecule has 2 aromatic carbocycles. The molecule has 0 fully saturated rings. The highest BCUT2D eigenvalue weighted by molar-refractivity contribution is 7.13. The number of rotatable bonds is 4. The standard InChI is InChI=1S/C24H22N4OS/c1-24(22(29)27-23-25-10-11-30-23)13-18-9-8-17(19-14-26-28(2)15-19)12-20(18)21(24)16-6-4-3-5-7-16/h3-12,14-15,21H,13H2,1-2H3,(H,25,27,29)/t21-,24+/m0/s1. The zero-order valence-corrected chi connectivity index (χ0v) is 17.7. The average molecular weight is 415 g/mol. The van der Waals surface area contributed by atoms with Crippen LogP contribution in [-0.2, 0) is 18.3 Å². The van der Waals surface area contributed by atoms with Crippen molar-refractivity contribution in [2.45, 2.75) is 19.3 Å². The lowest BCUT2D eigenvalue weighted by molar-refractivity contribution is -0.125. The zero-order chi connectivity index (χ0) is 20.7. The third-order valence-electron chi connectivity index (χ3n) is 5.99. The van der Waals surface area contributed by atoms with Crippen LogP contribution in [0.3, 0.4) is 0 Å². The van der Waals surface area contributed by atoms with Crippen molar-refractivity contribution in [1.82, 2.24) is 14.8 Å². The molecule has 0 spiro atoms. The number of amides is 1. The highest BCUT2D eigenvalue weighted by Crippen LogP contribution is 2.52. The van der Waals surface area contributed by atoms with Gasteiger partial charge in [0.2, 0.25) is 5.91 Å². The SMILES string of the molecule is Cn1cc(-c2ccc3c(c2)[C@H](c2ccccc2)[C@](C)(C(=O)Nc2nccs2)C3)cn1. The Morgan fingerprint density at radius 2 is 2.03 bits per heavy atom. The fraction of sp³-hybridized carbons (Fsp3) is 0.208. The Kier molecular flexibility index (Phi) is 4.51. The number of hydrogen-bond acceptors (Lipinski definition) is 4. The van der Waals surface area contributed by atoms with E-state index in [9.17, 15) is 4.79 Å². The van der Waals surface area contributed by atoms with Gasteiger partial charge in [-0.2, -0.15) is 5.10 Å². The summed E-state index contributed by atoms with van der Waals surface area (Å²) in [5.41, 5.74) is 5.16. The molecular formula is C24H22N4OS. The van der Waals surface area contributed by atoms with Gasteiger partial charge in [0, 0.05) is 36.3 Å². The normalized spacial score (nSPS) is 20.1. The quantitative estimate of drug-likeness (QED) is 0.518. The van der Waals surface area contributed by atoms with Crippen molar-refractivity contribution < 1.29 is 4.79 Å². The van der Waals surface area contributed by atoms with E-state index in [1.807, 2.05) is 47.7 Å². The number of aryl methyl sites for hydroxylation is 1. The topological polar surface area (TPSA) is 59.8 Å². The molecule has 0 aliphatic heterocycles. The molecule has 0 radical (unpaired) electrons. The molecule has 0 bridgehead atoms. The minimum atomic E-state index is -0.608. The summed E-state index contributed by atoms with van der Waals surface area (Å²) < 4.78 is 1.81. The number of nitrogens with zero attached hydrogens (tertiary/aromatic N) is 3. The third kappa shape index (κ3) is 3.13.